The Labute approximate surface area is 112 Å². The van der Waals surface area contributed by atoms with Crippen LogP contribution in [-0.4, -0.2) is 19.8 Å². The first-order chi connectivity index (χ1) is 8.29. The zero-order valence-electron chi connectivity index (χ0n) is 10.2. The van der Waals surface area contributed by atoms with E-state index in [1.165, 1.54) is 11.3 Å². The number of rotatable bonds is 6. The van der Waals surface area contributed by atoms with E-state index in [1.54, 1.807) is 11.3 Å². The fraction of sp³-hybridized carbons (Fsp3) is 0.692. The van der Waals surface area contributed by atoms with Gasteiger partial charge in [0.1, 0.15) is 0 Å². The summed E-state index contributed by atoms with van der Waals surface area (Å²) in [5.74, 6) is 0.699. The van der Waals surface area contributed by atoms with Gasteiger partial charge >= 0.3 is 0 Å². The molecule has 2 rings (SSSR count). The summed E-state index contributed by atoms with van der Waals surface area (Å²) in [7, 11) is 0. The van der Waals surface area contributed by atoms with E-state index in [4.69, 9.17) is 16.3 Å². The molecule has 1 aromatic heterocycles. The van der Waals surface area contributed by atoms with Crippen LogP contribution in [0.5, 0.6) is 0 Å². The van der Waals surface area contributed by atoms with Gasteiger partial charge in [-0.1, -0.05) is 18.5 Å². The smallest absolute Gasteiger partial charge is 0.0931 e. The van der Waals surface area contributed by atoms with E-state index < -0.39 is 0 Å². The van der Waals surface area contributed by atoms with Crippen molar-refractivity contribution in [2.45, 2.75) is 32.2 Å². The van der Waals surface area contributed by atoms with E-state index >= 15 is 0 Å². The summed E-state index contributed by atoms with van der Waals surface area (Å²) < 4.78 is 6.33. The Kier molecular flexibility index (Phi) is 5.29. The monoisotopic (exact) mass is 273 g/mol. The zero-order valence-corrected chi connectivity index (χ0v) is 11.8. The van der Waals surface area contributed by atoms with Gasteiger partial charge in [0, 0.05) is 24.1 Å². The molecule has 0 bridgehead atoms. The Morgan fingerprint density at radius 3 is 3.06 bits per heavy atom. The molecule has 1 saturated heterocycles. The molecule has 0 amide bonds. The van der Waals surface area contributed by atoms with Crippen LogP contribution in [-0.2, 0) is 4.74 Å². The van der Waals surface area contributed by atoms with Crippen LogP contribution in [0.2, 0.25) is 4.34 Å². The van der Waals surface area contributed by atoms with E-state index in [-0.39, 0.29) is 0 Å². The molecule has 4 heteroatoms. The number of hydrogen-bond acceptors (Lipinski definition) is 3. The average Bonchev–Trinajstić information content (AvgIpc) is 2.95. The Morgan fingerprint density at radius 1 is 1.59 bits per heavy atom. The van der Waals surface area contributed by atoms with Crippen LogP contribution in [0.25, 0.3) is 0 Å². The van der Waals surface area contributed by atoms with Crippen molar-refractivity contribution in [3.63, 3.8) is 0 Å². The van der Waals surface area contributed by atoms with Crippen molar-refractivity contribution in [3.05, 3.63) is 21.3 Å². The van der Waals surface area contributed by atoms with Crippen molar-refractivity contribution in [2.75, 3.05) is 19.8 Å². The highest BCUT2D eigenvalue weighted by molar-refractivity contribution is 7.16. The molecule has 0 saturated carbocycles. The lowest BCUT2D eigenvalue weighted by Crippen LogP contribution is -2.24. The molecule has 0 aromatic carbocycles. The lowest BCUT2D eigenvalue weighted by Gasteiger charge is -2.20. The summed E-state index contributed by atoms with van der Waals surface area (Å²) >= 11 is 7.71. The summed E-state index contributed by atoms with van der Waals surface area (Å²) in [4.78, 5) is 1.36. The van der Waals surface area contributed by atoms with Crippen molar-refractivity contribution in [1.29, 1.82) is 0 Å². The summed E-state index contributed by atoms with van der Waals surface area (Å²) in [6.07, 6.45) is 3.52. The maximum Gasteiger partial charge on any atom is 0.0931 e. The topological polar surface area (TPSA) is 21.3 Å². The van der Waals surface area contributed by atoms with Crippen molar-refractivity contribution in [2.24, 2.45) is 5.92 Å². The highest BCUT2D eigenvalue weighted by atomic mass is 35.5. The number of halogens is 1. The molecule has 1 aromatic rings. The van der Waals surface area contributed by atoms with E-state index in [9.17, 15) is 0 Å². The van der Waals surface area contributed by atoms with Gasteiger partial charge in [0.2, 0.25) is 0 Å². The molecule has 1 N–H and O–H groups in total. The molecule has 96 valence electrons. The molecule has 1 aliphatic rings. The normalized spacial score (nSPS) is 21.9. The molecule has 2 nitrogen and oxygen atoms in total. The Balaban J connectivity index is 1.96. The highest BCUT2D eigenvalue weighted by Crippen LogP contribution is 2.32. The standard InChI is InChI=1S/C13H20ClNOS/c1-2-6-15-11(8-10-5-7-16-9-10)12-3-4-13(14)17-12/h3-4,10-11,15H,2,5-9H2,1H3. The van der Waals surface area contributed by atoms with Gasteiger partial charge < -0.3 is 10.1 Å². The lowest BCUT2D eigenvalue weighted by atomic mass is 9.98. The fourth-order valence-electron chi connectivity index (χ4n) is 2.24. The van der Waals surface area contributed by atoms with Gasteiger partial charge in [-0.15, -0.1) is 11.3 Å². The maximum absolute atomic E-state index is 6.02. The first-order valence-corrected chi connectivity index (χ1v) is 7.55. The molecule has 17 heavy (non-hydrogen) atoms. The van der Waals surface area contributed by atoms with Crippen molar-refractivity contribution in [3.8, 4) is 0 Å². The fourth-order valence-corrected chi connectivity index (χ4v) is 3.39. The minimum atomic E-state index is 0.444. The largest absolute Gasteiger partial charge is 0.381 e. The third kappa shape index (κ3) is 3.95. The third-order valence-corrected chi connectivity index (χ3v) is 4.52. The Hall–Kier alpha value is -0.0900. The Morgan fingerprint density at radius 2 is 2.47 bits per heavy atom. The van der Waals surface area contributed by atoms with Gasteiger partial charge in [0.25, 0.3) is 0 Å². The van der Waals surface area contributed by atoms with E-state index in [2.05, 4.69) is 18.3 Å². The van der Waals surface area contributed by atoms with E-state index in [1.807, 2.05) is 6.07 Å². The number of thiophene rings is 1. The predicted octanol–water partition coefficient (Wildman–Crippen LogP) is 3.87. The van der Waals surface area contributed by atoms with Gasteiger partial charge in [-0.2, -0.15) is 0 Å². The second-order valence-electron chi connectivity index (χ2n) is 4.61. The van der Waals surface area contributed by atoms with Crippen LogP contribution in [0.1, 0.15) is 37.1 Å². The van der Waals surface area contributed by atoms with Gasteiger partial charge in [0.15, 0.2) is 0 Å². The van der Waals surface area contributed by atoms with Crippen molar-refractivity contribution in [1.82, 2.24) is 5.32 Å². The summed E-state index contributed by atoms with van der Waals surface area (Å²) in [6.45, 7) is 5.11. The molecule has 0 radical (unpaired) electrons. The van der Waals surface area contributed by atoms with Crippen LogP contribution in [0.15, 0.2) is 12.1 Å². The molecule has 1 fully saturated rings. The summed E-state index contributed by atoms with van der Waals surface area (Å²) in [6, 6.07) is 4.59. The molecule has 0 aliphatic carbocycles. The van der Waals surface area contributed by atoms with E-state index in [0.29, 0.717) is 12.0 Å². The highest BCUT2D eigenvalue weighted by Gasteiger charge is 2.22. The zero-order chi connectivity index (χ0) is 12.1. The minimum Gasteiger partial charge on any atom is -0.381 e. The van der Waals surface area contributed by atoms with Crippen molar-refractivity contribution < 1.29 is 4.74 Å². The van der Waals surface area contributed by atoms with Gasteiger partial charge in [-0.05, 0) is 43.9 Å². The number of nitrogens with one attached hydrogen (secondary N) is 1. The minimum absolute atomic E-state index is 0.444. The molecule has 2 unspecified atom stereocenters. The maximum atomic E-state index is 6.02. The molecule has 2 atom stereocenters. The first kappa shape index (κ1) is 13.3. The van der Waals surface area contributed by atoms with Gasteiger partial charge in [-0.25, -0.2) is 0 Å². The van der Waals surface area contributed by atoms with Crippen LogP contribution in [0.3, 0.4) is 0 Å². The molecule has 1 aliphatic heterocycles. The van der Waals surface area contributed by atoms with Crippen molar-refractivity contribution >= 4 is 22.9 Å². The molecule has 2 heterocycles. The average molecular weight is 274 g/mol. The predicted molar refractivity (Wildman–Crippen MR) is 73.9 cm³/mol. The first-order valence-electron chi connectivity index (χ1n) is 6.36. The number of hydrogen-bond donors (Lipinski definition) is 1. The second-order valence-corrected chi connectivity index (χ2v) is 6.36. The summed E-state index contributed by atoms with van der Waals surface area (Å²) in [5, 5.41) is 3.62. The second kappa shape index (κ2) is 6.74. The quantitative estimate of drug-likeness (QED) is 0.850. The third-order valence-electron chi connectivity index (χ3n) is 3.17. The molecular formula is C13H20ClNOS. The summed E-state index contributed by atoms with van der Waals surface area (Å²) in [5.41, 5.74) is 0. The van der Waals surface area contributed by atoms with Gasteiger partial charge in [-0.3, -0.25) is 0 Å². The van der Waals surface area contributed by atoms with Crippen LogP contribution in [0, 0.1) is 5.92 Å². The molecular weight excluding hydrogens is 254 g/mol. The molecule has 0 spiro atoms. The lowest BCUT2D eigenvalue weighted by molar-refractivity contribution is 0.181. The van der Waals surface area contributed by atoms with Crippen LogP contribution in [0.4, 0.5) is 0 Å². The SMILES string of the molecule is CCCNC(CC1CCOC1)c1ccc(Cl)s1. The van der Waals surface area contributed by atoms with Crippen LogP contribution >= 0.6 is 22.9 Å². The van der Waals surface area contributed by atoms with E-state index in [0.717, 1.165) is 36.9 Å². The van der Waals surface area contributed by atoms with Gasteiger partial charge in [0.05, 0.1) is 4.34 Å². The number of ether oxygens (including phenoxy) is 1. The Bertz CT molecular complexity index is 336. The van der Waals surface area contributed by atoms with Crippen LogP contribution < -0.4 is 5.32 Å².